The van der Waals surface area contributed by atoms with Gasteiger partial charge in [-0.25, -0.2) is 0 Å². The van der Waals surface area contributed by atoms with Crippen LogP contribution in [0.2, 0.25) is 10.0 Å². The Labute approximate surface area is 167 Å². The smallest absolute Gasteiger partial charge is 0.255 e. The number of halogens is 2. The molecule has 0 fully saturated rings. The van der Waals surface area contributed by atoms with Crippen molar-refractivity contribution in [1.29, 1.82) is 0 Å². The number of anilines is 1. The van der Waals surface area contributed by atoms with Gasteiger partial charge in [-0.2, -0.15) is 0 Å². The van der Waals surface area contributed by atoms with Crippen LogP contribution in [0.4, 0.5) is 5.69 Å². The Morgan fingerprint density at radius 2 is 1.70 bits per heavy atom. The van der Waals surface area contributed by atoms with E-state index in [9.17, 15) is 4.79 Å². The van der Waals surface area contributed by atoms with Gasteiger partial charge in [-0.3, -0.25) is 4.79 Å². The van der Waals surface area contributed by atoms with Crippen LogP contribution in [-0.2, 0) is 13.0 Å². The molecule has 0 unspecified atom stereocenters. The summed E-state index contributed by atoms with van der Waals surface area (Å²) in [5.41, 5.74) is 2.09. The van der Waals surface area contributed by atoms with E-state index >= 15 is 0 Å². The van der Waals surface area contributed by atoms with Crippen molar-refractivity contribution in [3.8, 4) is 11.4 Å². The molecular formula is C20H18Cl2N4O. The molecule has 2 aromatic carbocycles. The van der Waals surface area contributed by atoms with Gasteiger partial charge in [-0.15, -0.1) is 10.2 Å². The lowest BCUT2D eigenvalue weighted by Gasteiger charge is -2.09. The van der Waals surface area contributed by atoms with Crippen LogP contribution in [0.5, 0.6) is 0 Å². The zero-order chi connectivity index (χ0) is 18.8. The molecule has 27 heavy (non-hydrogen) atoms. The van der Waals surface area contributed by atoms with Crippen molar-refractivity contribution < 1.29 is 4.79 Å². The zero-order valence-corrected chi connectivity index (χ0v) is 16.1. The van der Waals surface area contributed by atoms with Gasteiger partial charge < -0.3 is 9.88 Å². The van der Waals surface area contributed by atoms with E-state index in [-0.39, 0.29) is 5.91 Å². The molecule has 1 N–H and O–H groups in total. The van der Waals surface area contributed by atoms with E-state index in [0.717, 1.165) is 43.0 Å². The molecular weight excluding hydrogens is 383 g/mol. The van der Waals surface area contributed by atoms with Gasteiger partial charge in [0.05, 0.1) is 0 Å². The topological polar surface area (TPSA) is 59.8 Å². The quantitative estimate of drug-likeness (QED) is 0.654. The average Bonchev–Trinajstić information content (AvgIpc) is 2.90. The highest BCUT2D eigenvalue weighted by Crippen LogP contribution is 2.25. The Morgan fingerprint density at radius 1 is 0.963 bits per heavy atom. The Kier molecular flexibility index (Phi) is 5.14. The second-order valence-electron chi connectivity index (χ2n) is 6.59. The van der Waals surface area contributed by atoms with E-state index in [4.69, 9.17) is 23.2 Å². The lowest BCUT2D eigenvalue weighted by atomic mass is 10.1. The van der Waals surface area contributed by atoms with Crippen molar-refractivity contribution in [2.75, 3.05) is 5.32 Å². The van der Waals surface area contributed by atoms with Crippen molar-refractivity contribution in [3.05, 3.63) is 63.9 Å². The standard InChI is InChI=1S/C20H18Cl2N4O/c21-15-10-14(11-16(22)12-15)20(27)23-17-7-5-13(6-8-17)19-25-24-18-4-2-1-3-9-26(18)19/h5-8,10-12H,1-4,9H2,(H,23,27). The number of benzene rings is 2. The number of nitrogens with zero attached hydrogens (tertiary/aromatic N) is 3. The highest BCUT2D eigenvalue weighted by atomic mass is 35.5. The maximum Gasteiger partial charge on any atom is 0.255 e. The molecule has 0 spiro atoms. The van der Waals surface area contributed by atoms with Gasteiger partial charge in [-0.05, 0) is 55.3 Å². The van der Waals surface area contributed by atoms with E-state index < -0.39 is 0 Å². The fourth-order valence-electron chi connectivity index (χ4n) is 3.29. The second kappa shape index (κ2) is 7.71. The number of amides is 1. The van der Waals surface area contributed by atoms with E-state index in [0.29, 0.717) is 21.3 Å². The second-order valence-corrected chi connectivity index (χ2v) is 7.46. The summed E-state index contributed by atoms with van der Waals surface area (Å²) >= 11 is 11.9. The number of rotatable bonds is 3. The largest absolute Gasteiger partial charge is 0.322 e. The maximum atomic E-state index is 12.4. The number of fused-ring (bicyclic) bond motifs is 1. The lowest BCUT2D eigenvalue weighted by Crippen LogP contribution is -2.11. The minimum absolute atomic E-state index is 0.261. The Bertz CT molecular complexity index is 962. The summed E-state index contributed by atoms with van der Waals surface area (Å²) in [5, 5.41) is 12.4. The summed E-state index contributed by atoms with van der Waals surface area (Å²) < 4.78 is 2.20. The number of aryl methyl sites for hydroxylation is 1. The van der Waals surface area contributed by atoms with Crippen LogP contribution in [0.25, 0.3) is 11.4 Å². The highest BCUT2D eigenvalue weighted by molar-refractivity contribution is 6.35. The molecule has 1 amide bonds. The van der Waals surface area contributed by atoms with Gasteiger partial charge in [0.1, 0.15) is 5.82 Å². The Morgan fingerprint density at radius 3 is 2.44 bits per heavy atom. The van der Waals surface area contributed by atoms with Crippen LogP contribution in [0.15, 0.2) is 42.5 Å². The van der Waals surface area contributed by atoms with Crippen molar-refractivity contribution in [1.82, 2.24) is 14.8 Å². The first kappa shape index (κ1) is 18.0. The first-order chi connectivity index (χ1) is 13.1. The van der Waals surface area contributed by atoms with Crippen molar-refractivity contribution in [2.45, 2.75) is 32.2 Å². The van der Waals surface area contributed by atoms with Crippen LogP contribution in [-0.4, -0.2) is 20.7 Å². The van der Waals surface area contributed by atoms with E-state index in [2.05, 4.69) is 20.1 Å². The van der Waals surface area contributed by atoms with Crippen LogP contribution in [0.1, 0.15) is 35.4 Å². The molecule has 1 aromatic heterocycles. The summed E-state index contributed by atoms with van der Waals surface area (Å²) in [6.45, 7) is 0.950. The molecule has 0 radical (unpaired) electrons. The van der Waals surface area contributed by atoms with Crippen molar-refractivity contribution in [3.63, 3.8) is 0 Å². The van der Waals surface area contributed by atoms with Crippen LogP contribution < -0.4 is 5.32 Å². The minimum Gasteiger partial charge on any atom is -0.322 e. The van der Waals surface area contributed by atoms with E-state index in [1.807, 2.05) is 24.3 Å². The summed E-state index contributed by atoms with van der Waals surface area (Å²) in [6, 6.07) is 12.4. The molecule has 1 aliphatic rings. The van der Waals surface area contributed by atoms with Gasteiger partial charge in [0.2, 0.25) is 0 Å². The third-order valence-corrected chi connectivity index (χ3v) is 5.07. The number of nitrogens with one attached hydrogen (secondary N) is 1. The number of hydrogen-bond acceptors (Lipinski definition) is 3. The van der Waals surface area contributed by atoms with Crippen LogP contribution >= 0.6 is 23.2 Å². The summed E-state index contributed by atoms with van der Waals surface area (Å²) in [4.78, 5) is 12.4. The predicted octanol–water partition coefficient (Wildman–Crippen LogP) is 5.23. The molecule has 4 rings (SSSR count). The van der Waals surface area contributed by atoms with Crippen LogP contribution in [0.3, 0.4) is 0 Å². The Hall–Kier alpha value is -2.37. The van der Waals surface area contributed by atoms with Crippen molar-refractivity contribution in [2.24, 2.45) is 0 Å². The summed E-state index contributed by atoms with van der Waals surface area (Å²) in [6.07, 6.45) is 4.51. The molecule has 5 nitrogen and oxygen atoms in total. The van der Waals surface area contributed by atoms with Crippen LogP contribution in [0, 0.1) is 0 Å². The zero-order valence-electron chi connectivity index (χ0n) is 14.6. The average molecular weight is 401 g/mol. The molecule has 0 atom stereocenters. The summed E-state index contributed by atoms with van der Waals surface area (Å²) in [5.74, 6) is 1.67. The molecule has 0 aliphatic carbocycles. The fourth-order valence-corrected chi connectivity index (χ4v) is 3.82. The Balaban J connectivity index is 1.53. The molecule has 0 bridgehead atoms. The SMILES string of the molecule is O=C(Nc1ccc(-c2nnc3n2CCCCC3)cc1)c1cc(Cl)cc(Cl)c1. The van der Waals surface area contributed by atoms with Gasteiger partial charge in [0.15, 0.2) is 5.82 Å². The third kappa shape index (κ3) is 3.99. The minimum atomic E-state index is -0.261. The molecule has 2 heterocycles. The number of carbonyl (C=O) groups is 1. The van der Waals surface area contributed by atoms with Gasteiger partial charge in [-0.1, -0.05) is 29.6 Å². The lowest BCUT2D eigenvalue weighted by molar-refractivity contribution is 0.102. The first-order valence-electron chi connectivity index (χ1n) is 8.90. The monoisotopic (exact) mass is 400 g/mol. The molecule has 0 saturated heterocycles. The normalized spacial score (nSPS) is 13.7. The highest BCUT2D eigenvalue weighted by Gasteiger charge is 2.16. The molecule has 1 aliphatic heterocycles. The third-order valence-electron chi connectivity index (χ3n) is 4.64. The van der Waals surface area contributed by atoms with E-state index in [1.165, 1.54) is 6.42 Å². The van der Waals surface area contributed by atoms with Crippen molar-refractivity contribution >= 4 is 34.8 Å². The molecule has 138 valence electrons. The van der Waals surface area contributed by atoms with Gasteiger partial charge in [0, 0.05) is 39.8 Å². The first-order valence-corrected chi connectivity index (χ1v) is 9.66. The predicted molar refractivity (Wildman–Crippen MR) is 107 cm³/mol. The molecule has 0 saturated carbocycles. The fraction of sp³-hybridized carbons (Fsp3) is 0.250. The molecule has 7 heteroatoms. The maximum absolute atomic E-state index is 12.4. The number of hydrogen-bond donors (Lipinski definition) is 1. The van der Waals surface area contributed by atoms with Gasteiger partial charge in [0.25, 0.3) is 5.91 Å². The summed E-state index contributed by atoms with van der Waals surface area (Å²) in [7, 11) is 0. The van der Waals surface area contributed by atoms with Gasteiger partial charge >= 0.3 is 0 Å². The number of carbonyl (C=O) groups excluding carboxylic acids is 1. The number of aromatic nitrogens is 3. The van der Waals surface area contributed by atoms with E-state index in [1.54, 1.807) is 18.2 Å². The molecule has 3 aromatic rings.